The average molecular weight is 250 g/mol. The SMILES string of the molecule is O=C(CCC1CCNC1)Nc1nnc(C2CC2)o1. The van der Waals surface area contributed by atoms with E-state index in [1.807, 2.05) is 0 Å². The standard InChI is InChI=1S/C12H18N4O2/c17-10(4-1-8-5-6-13-7-8)14-12-16-15-11(18-12)9-2-3-9/h8-9,13H,1-7H2,(H,14,16,17). The van der Waals surface area contributed by atoms with Gasteiger partial charge in [0.15, 0.2) is 0 Å². The summed E-state index contributed by atoms with van der Waals surface area (Å²) in [6, 6.07) is 0.242. The molecule has 1 aromatic rings. The first-order valence-electron chi connectivity index (χ1n) is 6.65. The van der Waals surface area contributed by atoms with Gasteiger partial charge in [-0.25, -0.2) is 0 Å². The number of rotatable bonds is 5. The van der Waals surface area contributed by atoms with Crippen molar-refractivity contribution in [2.75, 3.05) is 18.4 Å². The van der Waals surface area contributed by atoms with E-state index in [0.717, 1.165) is 32.4 Å². The van der Waals surface area contributed by atoms with Gasteiger partial charge in [-0.3, -0.25) is 10.1 Å². The zero-order valence-corrected chi connectivity index (χ0v) is 10.3. The minimum Gasteiger partial charge on any atom is -0.408 e. The number of anilines is 1. The molecule has 0 radical (unpaired) electrons. The van der Waals surface area contributed by atoms with E-state index in [0.29, 0.717) is 24.1 Å². The van der Waals surface area contributed by atoms with Crippen LogP contribution in [-0.4, -0.2) is 29.2 Å². The van der Waals surface area contributed by atoms with Crippen molar-refractivity contribution in [2.45, 2.75) is 38.0 Å². The van der Waals surface area contributed by atoms with Crippen molar-refractivity contribution in [2.24, 2.45) is 5.92 Å². The van der Waals surface area contributed by atoms with Crippen LogP contribution in [-0.2, 0) is 4.79 Å². The normalized spacial score (nSPS) is 23.2. The molecule has 1 atom stereocenters. The van der Waals surface area contributed by atoms with Crippen LogP contribution in [0.3, 0.4) is 0 Å². The lowest BCUT2D eigenvalue weighted by Gasteiger charge is -2.06. The molecule has 2 heterocycles. The number of amides is 1. The van der Waals surface area contributed by atoms with E-state index in [4.69, 9.17) is 4.42 Å². The van der Waals surface area contributed by atoms with Gasteiger partial charge in [0, 0.05) is 12.3 Å². The third kappa shape index (κ3) is 2.87. The van der Waals surface area contributed by atoms with Crippen LogP contribution in [0.1, 0.15) is 43.9 Å². The number of carbonyl (C=O) groups excluding carboxylic acids is 1. The molecule has 1 amide bonds. The third-order valence-corrected chi connectivity index (χ3v) is 3.56. The number of hydrogen-bond acceptors (Lipinski definition) is 5. The first-order chi connectivity index (χ1) is 8.81. The van der Waals surface area contributed by atoms with Crippen LogP contribution in [0.5, 0.6) is 0 Å². The molecule has 1 aliphatic heterocycles. The minimum absolute atomic E-state index is 0.0344. The molecule has 6 nitrogen and oxygen atoms in total. The Morgan fingerprint density at radius 3 is 3.00 bits per heavy atom. The molecule has 0 aromatic carbocycles. The Kier molecular flexibility index (Phi) is 3.27. The van der Waals surface area contributed by atoms with Crippen LogP contribution < -0.4 is 10.6 Å². The van der Waals surface area contributed by atoms with E-state index in [1.165, 1.54) is 6.42 Å². The van der Waals surface area contributed by atoms with Crippen LogP contribution in [0.4, 0.5) is 6.01 Å². The van der Waals surface area contributed by atoms with Gasteiger partial charge >= 0.3 is 6.01 Å². The van der Waals surface area contributed by atoms with E-state index in [1.54, 1.807) is 0 Å². The zero-order chi connectivity index (χ0) is 12.4. The molecule has 0 bridgehead atoms. The zero-order valence-electron chi connectivity index (χ0n) is 10.3. The topological polar surface area (TPSA) is 80.0 Å². The molecule has 2 N–H and O–H groups in total. The van der Waals surface area contributed by atoms with E-state index in [-0.39, 0.29) is 11.9 Å². The summed E-state index contributed by atoms with van der Waals surface area (Å²) in [5, 5.41) is 13.7. The maximum atomic E-state index is 11.7. The highest BCUT2D eigenvalue weighted by Gasteiger charge is 2.29. The number of aromatic nitrogens is 2. The number of carbonyl (C=O) groups is 1. The molecule has 98 valence electrons. The predicted octanol–water partition coefficient (Wildman–Crippen LogP) is 1.28. The maximum Gasteiger partial charge on any atom is 0.322 e. The Morgan fingerprint density at radius 1 is 1.39 bits per heavy atom. The lowest BCUT2D eigenvalue weighted by atomic mass is 10.0. The third-order valence-electron chi connectivity index (χ3n) is 3.56. The number of nitrogens with one attached hydrogen (secondary N) is 2. The van der Waals surface area contributed by atoms with E-state index in [2.05, 4.69) is 20.8 Å². The monoisotopic (exact) mass is 250 g/mol. The van der Waals surface area contributed by atoms with Crippen LogP contribution in [0.15, 0.2) is 4.42 Å². The summed E-state index contributed by atoms with van der Waals surface area (Å²) in [5.74, 6) is 1.67. The van der Waals surface area contributed by atoms with Crippen molar-refractivity contribution in [3.05, 3.63) is 5.89 Å². The van der Waals surface area contributed by atoms with Crippen molar-refractivity contribution >= 4 is 11.9 Å². The Hall–Kier alpha value is -1.43. The molecule has 2 aliphatic rings. The first kappa shape index (κ1) is 11.6. The van der Waals surface area contributed by atoms with Gasteiger partial charge in [-0.1, -0.05) is 5.10 Å². The highest BCUT2D eigenvalue weighted by Crippen LogP contribution is 2.39. The minimum atomic E-state index is -0.0344. The summed E-state index contributed by atoms with van der Waals surface area (Å²) in [5.41, 5.74) is 0. The fourth-order valence-electron chi connectivity index (χ4n) is 2.26. The molecule has 3 rings (SSSR count). The van der Waals surface area contributed by atoms with Crippen LogP contribution in [0, 0.1) is 5.92 Å². The molecule has 6 heteroatoms. The van der Waals surface area contributed by atoms with Crippen molar-refractivity contribution in [1.29, 1.82) is 0 Å². The van der Waals surface area contributed by atoms with Gasteiger partial charge in [-0.05, 0) is 44.7 Å². The van der Waals surface area contributed by atoms with E-state index in [9.17, 15) is 4.79 Å². The number of nitrogens with zero attached hydrogens (tertiary/aromatic N) is 2. The van der Waals surface area contributed by atoms with Crippen LogP contribution >= 0.6 is 0 Å². The average Bonchev–Trinajstić information content (AvgIpc) is 2.90. The molecule has 0 spiro atoms. The van der Waals surface area contributed by atoms with Crippen molar-refractivity contribution in [3.8, 4) is 0 Å². The summed E-state index contributed by atoms with van der Waals surface area (Å²) < 4.78 is 5.38. The summed E-state index contributed by atoms with van der Waals surface area (Å²) in [6.45, 7) is 2.10. The van der Waals surface area contributed by atoms with E-state index < -0.39 is 0 Å². The Morgan fingerprint density at radius 2 is 2.28 bits per heavy atom. The summed E-state index contributed by atoms with van der Waals surface area (Å²) in [6.07, 6.45) is 4.84. The fraction of sp³-hybridized carbons (Fsp3) is 0.750. The van der Waals surface area contributed by atoms with Crippen molar-refractivity contribution < 1.29 is 9.21 Å². The maximum absolute atomic E-state index is 11.7. The summed E-state index contributed by atoms with van der Waals surface area (Å²) in [7, 11) is 0. The lowest BCUT2D eigenvalue weighted by Crippen LogP contribution is -2.15. The molecule has 1 saturated carbocycles. The molecule has 1 unspecified atom stereocenters. The summed E-state index contributed by atoms with van der Waals surface area (Å²) in [4.78, 5) is 11.7. The molecule has 2 fully saturated rings. The second-order valence-corrected chi connectivity index (χ2v) is 5.17. The van der Waals surface area contributed by atoms with Gasteiger partial charge < -0.3 is 9.73 Å². The van der Waals surface area contributed by atoms with Gasteiger partial charge in [-0.15, -0.1) is 5.10 Å². The first-order valence-corrected chi connectivity index (χ1v) is 6.65. The summed E-state index contributed by atoms with van der Waals surface area (Å²) >= 11 is 0. The highest BCUT2D eigenvalue weighted by molar-refractivity contribution is 5.88. The molecular weight excluding hydrogens is 232 g/mol. The van der Waals surface area contributed by atoms with Gasteiger partial charge in [0.25, 0.3) is 0 Å². The van der Waals surface area contributed by atoms with Gasteiger partial charge in [-0.2, -0.15) is 0 Å². The quantitative estimate of drug-likeness (QED) is 0.822. The smallest absolute Gasteiger partial charge is 0.322 e. The van der Waals surface area contributed by atoms with Crippen molar-refractivity contribution in [1.82, 2.24) is 15.5 Å². The molecule has 18 heavy (non-hydrogen) atoms. The fourth-order valence-corrected chi connectivity index (χ4v) is 2.26. The van der Waals surface area contributed by atoms with E-state index >= 15 is 0 Å². The molecule has 1 saturated heterocycles. The Balaban J connectivity index is 1.44. The van der Waals surface area contributed by atoms with Gasteiger partial charge in [0.1, 0.15) is 0 Å². The molecule has 1 aliphatic carbocycles. The predicted molar refractivity (Wildman–Crippen MR) is 65.1 cm³/mol. The molecular formula is C12H18N4O2. The second-order valence-electron chi connectivity index (χ2n) is 5.17. The number of hydrogen-bond donors (Lipinski definition) is 2. The van der Waals surface area contributed by atoms with Gasteiger partial charge in [0.2, 0.25) is 11.8 Å². The van der Waals surface area contributed by atoms with Crippen LogP contribution in [0.2, 0.25) is 0 Å². The van der Waals surface area contributed by atoms with Gasteiger partial charge in [0.05, 0.1) is 0 Å². The molecule has 1 aromatic heterocycles. The lowest BCUT2D eigenvalue weighted by molar-refractivity contribution is -0.116. The van der Waals surface area contributed by atoms with Crippen molar-refractivity contribution in [3.63, 3.8) is 0 Å². The Labute approximate surface area is 106 Å². The highest BCUT2D eigenvalue weighted by atomic mass is 16.4. The van der Waals surface area contributed by atoms with Crippen LogP contribution in [0.25, 0.3) is 0 Å². The largest absolute Gasteiger partial charge is 0.408 e. The second kappa shape index (κ2) is 5.06. The Bertz CT molecular complexity index is 421.